The molecule has 3 aromatic rings. The van der Waals surface area contributed by atoms with Gasteiger partial charge in [-0.2, -0.15) is 0 Å². The molecule has 2 aromatic heterocycles. The Bertz CT molecular complexity index is 1540. The van der Waals surface area contributed by atoms with Crippen LogP contribution < -0.4 is 11.5 Å². The van der Waals surface area contributed by atoms with Crippen LogP contribution in [-0.4, -0.2) is 76.9 Å². The maximum Gasteiger partial charge on any atom is 0.356 e. The van der Waals surface area contributed by atoms with E-state index in [1.807, 2.05) is 27.7 Å². The summed E-state index contributed by atoms with van der Waals surface area (Å²) >= 11 is 0. The van der Waals surface area contributed by atoms with Crippen molar-refractivity contribution in [1.82, 2.24) is 19.5 Å². The minimum atomic E-state index is -3.85. The number of aromatic nitrogens is 4. The van der Waals surface area contributed by atoms with Crippen LogP contribution in [0.15, 0.2) is 30.9 Å². The Labute approximate surface area is 280 Å². The lowest BCUT2D eigenvalue weighted by molar-refractivity contribution is -0.146. The largest absolute Gasteiger partial charge is 0.464 e. The molecule has 0 bridgehead atoms. The van der Waals surface area contributed by atoms with E-state index in [0.717, 1.165) is 0 Å². The van der Waals surface area contributed by atoms with E-state index in [0.29, 0.717) is 47.6 Å². The highest BCUT2D eigenvalue weighted by molar-refractivity contribution is 7.53. The molecule has 0 amide bonds. The molecule has 266 valence electrons. The van der Waals surface area contributed by atoms with Crippen LogP contribution in [0, 0.1) is 17.7 Å². The predicted octanol–water partition coefficient (Wildman–Crippen LogP) is 4.60. The van der Waals surface area contributed by atoms with E-state index in [1.54, 1.807) is 30.0 Å². The van der Waals surface area contributed by atoms with Crippen LogP contribution in [0.4, 0.5) is 10.2 Å². The van der Waals surface area contributed by atoms with E-state index in [9.17, 15) is 18.5 Å². The number of imidazole rings is 1. The first-order valence-corrected chi connectivity index (χ1v) is 17.8. The Hall–Kier alpha value is -3.49. The summed E-state index contributed by atoms with van der Waals surface area (Å²) in [6.07, 6.45) is 3.80. The highest BCUT2D eigenvalue weighted by atomic mass is 31.2. The first-order valence-electron chi connectivity index (χ1n) is 16.0. The summed E-state index contributed by atoms with van der Waals surface area (Å²) in [6, 6.07) is 4.03. The third-order valence-corrected chi connectivity index (χ3v) is 8.83. The molecule has 0 fully saturated rings. The van der Waals surface area contributed by atoms with Gasteiger partial charge in [-0.05, 0) is 48.8 Å². The van der Waals surface area contributed by atoms with Crippen molar-refractivity contribution in [3.63, 3.8) is 0 Å². The number of hydrogen-bond acceptors (Lipinski definition) is 13. The number of benzene rings is 1. The normalized spacial score (nSPS) is 14.3. The van der Waals surface area contributed by atoms with E-state index >= 15 is 0 Å². The first-order chi connectivity index (χ1) is 22.8. The summed E-state index contributed by atoms with van der Waals surface area (Å²) in [4.78, 5) is 37.1. The van der Waals surface area contributed by atoms with Gasteiger partial charge in [-0.25, -0.2) is 19.3 Å². The van der Waals surface area contributed by atoms with Crippen molar-refractivity contribution >= 4 is 36.5 Å². The molecular weight excluding hydrogens is 646 g/mol. The number of carbonyl (C=O) groups excluding carboxylic acids is 2. The number of hydrogen-bond donors (Lipinski definition) is 2. The van der Waals surface area contributed by atoms with Crippen molar-refractivity contribution in [1.29, 1.82) is 0 Å². The third kappa shape index (κ3) is 12.2. The fourth-order valence-corrected chi connectivity index (χ4v) is 6.01. The number of nitrogens with two attached hydrogens (primary N) is 2. The maximum absolute atomic E-state index is 14.6. The Kier molecular flexibility index (Phi) is 15.3. The molecule has 0 saturated heterocycles. The van der Waals surface area contributed by atoms with Crippen LogP contribution in [-0.2, 0) is 50.4 Å². The second kappa shape index (κ2) is 18.9. The van der Waals surface area contributed by atoms with Crippen LogP contribution in [0.25, 0.3) is 11.2 Å². The standard InChI is InChI=1S/C32H48FN6O8P/c1-21(2)15-25-8-7-24(17-26(25)33)23(5)31(40)45-13-14-47-48(42,46-11-6-10-44-32(41)27(34)16-22(3)4)20-43-12-9-39-19-38-28-29(35)36-18-37-30(28)39/h7-8,17-19,21-23,27H,6,9-16,20,34H2,1-5H3,(H2,35,36,37)/t23?,27-,48?/m1/s1. The van der Waals surface area contributed by atoms with Crippen LogP contribution in [0.2, 0.25) is 0 Å². The molecule has 0 aliphatic rings. The van der Waals surface area contributed by atoms with Gasteiger partial charge in [0.2, 0.25) is 0 Å². The minimum absolute atomic E-state index is 0.0126. The Balaban J connectivity index is 1.51. The molecule has 14 nitrogen and oxygen atoms in total. The Morgan fingerprint density at radius 2 is 1.67 bits per heavy atom. The first kappa shape index (κ1) is 39.0. The zero-order chi connectivity index (χ0) is 35.3. The quantitative estimate of drug-likeness (QED) is 0.0894. The van der Waals surface area contributed by atoms with E-state index in [-0.39, 0.29) is 57.0 Å². The summed E-state index contributed by atoms with van der Waals surface area (Å²) < 4.78 is 57.2. The fourth-order valence-electron chi connectivity index (χ4n) is 4.68. The summed E-state index contributed by atoms with van der Waals surface area (Å²) in [7, 11) is -3.85. The van der Waals surface area contributed by atoms with Gasteiger partial charge in [-0.1, -0.05) is 39.8 Å². The number of nitrogens with zero attached hydrogens (tertiary/aromatic N) is 4. The molecule has 3 atom stereocenters. The molecule has 0 radical (unpaired) electrons. The molecule has 4 N–H and O–H groups in total. The summed E-state index contributed by atoms with van der Waals surface area (Å²) in [5.74, 6) is -1.41. The van der Waals surface area contributed by atoms with Crippen LogP contribution in [0.3, 0.4) is 0 Å². The number of anilines is 1. The second-order valence-electron chi connectivity index (χ2n) is 12.3. The fraction of sp³-hybridized carbons (Fsp3) is 0.594. The molecule has 1 aromatic carbocycles. The number of ether oxygens (including phenoxy) is 3. The van der Waals surface area contributed by atoms with Gasteiger partial charge in [-0.15, -0.1) is 0 Å². The number of carbonyl (C=O) groups is 2. The van der Waals surface area contributed by atoms with Crippen LogP contribution in [0.5, 0.6) is 0 Å². The summed E-state index contributed by atoms with van der Waals surface area (Å²) in [5, 5.41) is 0. The molecule has 48 heavy (non-hydrogen) atoms. The molecule has 16 heteroatoms. The number of rotatable bonds is 21. The summed E-state index contributed by atoms with van der Waals surface area (Å²) in [6.45, 7) is 9.44. The van der Waals surface area contributed by atoms with Crippen molar-refractivity contribution < 1.29 is 41.8 Å². The molecule has 2 unspecified atom stereocenters. The SMILES string of the molecule is CC(C)Cc1ccc(C(C)C(=O)OCCOP(=O)(COCCn2cnc3c(N)ncnc32)OCCCOC(=O)[C@H](N)CC(C)C)cc1F. The topological polar surface area (TPSA) is 193 Å². The van der Waals surface area contributed by atoms with Gasteiger partial charge >= 0.3 is 19.5 Å². The molecule has 0 aliphatic heterocycles. The van der Waals surface area contributed by atoms with E-state index < -0.39 is 37.8 Å². The van der Waals surface area contributed by atoms with Gasteiger partial charge < -0.3 is 39.3 Å². The van der Waals surface area contributed by atoms with Gasteiger partial charge in [0.25, 0.3) is 0 Å². The van der Waals surface area contributed by atoms with Crippen molar-refractivity contribution in [2.75, 3.05) is 45.1 Å². The summed E-state index contributed by atoms with van der Waals surface area (Å²) in [5.41, 5.74) is 13.7. The second-order valence-corrected chi connectivity index (χ2v) is 14.3. The lowest BCUT2D eigenvalue weighted by Crippen LogP contribution is -2.33. The molecule has 2 heterocycles. The predicted molar refractivity (Wildman–Crippen MR) is 177 cm³/mol. The van der Waals surface area contributed by atoms with E-state index in [4.69, 9.17) is 34.7 Å². The van der Waals surface area contributed by atoms with E-state index in [2.05, 4.69) is 15.0 Å². The highest BCUT2D eigenvalue weighted by Gasteiger charge is 2.26. The maximum atomic E-state index is 14.6. The minimum Gasteiger partial charge on any atom is -0.464 e. The van der Waals surface area contributed by atoms with Gasteiger partial charge in [0, 0.05) is 13.0 Å². The van der Waals surface area contributed by atoms with Crippen molar-refractivity contribution in [2.24, 2.45) is 17.6 Å². The molecule has 0 saturated carbocycles. The lowest BCUT2D eigenvalue weighted by atomic mass is 9.96. The van der Waals surface area contributed by atoms with Gasteiger partial charge in [0.15, 0.2) is 11.5 Å². The highest BCUT2D eigenvalue weighted by Crippen LogP contribution is 2.48. The van der Waals surface area contributed by atoms with Crippen molar-refractivity contribution in [2.45, 2.75) is 72.4 Å². The third-order valence-electron chi connectivity index (χ3n) is 7.18. The number of nitrogen functional groups attached to an aromatic ring is 1. The molecule has 0 aliphatic carbocycles. The molecule has 0 spiro atoms. The number of fused-ring (bicyclic) bond motifs is 1. The zero-order valence-corrected chi connectivity index (χ0v) is 29.2. The Morgan fingerprint density at radius 3 is 2.38 bits per heavy atom. The number of esters is 2. The van der Waals surface area contributed by atoms with Crippen LogP contribution >= 0.6 is 7.60 Å². The van der Waals surface area contributed by atoms with Crippen molar-refractivity contribution in [3.05, 3.63) is 47.8 Å². The van der Waals surface area contributed by atoms with E-state index in [1.165, 1.54) is 12.4 Å². The zero-order valence-electron chi connectivity index (χ0n) is 28.3. The lowest BCUT2D eigenvalue weighted by Gasteiger charge is -2.19. The Morgan fingerprint density at radius 1 is 0.938 bits per heavy atom. The molecular formula is C32H48FN6O8P. The van der Waals surface area contributed by atoms with Gasteiger partial charge in [-0.3, -0.25) is 14.2 Å². The average Bonchev–Trinajstić information content (AvgIpc) is 3.45. The average molecular weight is 695 g/mol. The van der Waals surface area contributed by atoms with Crippen molar-refractivity contribution in [3.8, 4) is 0 Å². The smallest absolute Gasteiger partial charge is 0.356 e. The van der Waals surface area contributed by atoms with Gasteiger partial charge in [0.05, 0.1) is 38.7 Å². The number of halogens is 1. The van der Waals surface area contributed by atoms with Crippen LogP contribution in [0.1, 0.15) is 64.5 Å². The van der Waals surface area contributed by atoms with Gasteiger partial charge in [0.1, 0.15) is 36.7 Å². The molecule has 3 rings (SSSR count). The monoisotopic (exact) mass is 694 g/mol.